The number of nitrogens with zero attached hydrogens (tertiary/aromatic N) is 3. The Labute approximate surface area is 167 Å². The maximum absolute atomic E-state index is 11.0. The number of nitrogens with one attached hydrogen (secondary N) is 1. The maximum atomic E-state index is 11.0. The lowest BCUT2D eigenvalue weighted by Gasteiger charge is -2.08. The van der Waals surface area contributed by atoms with Crippen molar-refractivity contribution in [3.05, 3.63) is 77.6 Å². The van der Waals surface area contributed by atoms with E-state index in [0.29, 0.717) is 12.4 Å². The molecule has 2 heterocycles. The zero-order chi connectivity index (χ0) is 20.4. The average molecular weight is 388 g/mol. The summed E-state index contributed by atoms with van der Waals surface area (Å²) in [6.07, 6.45) is 1.74. The number of carboxylic acid groups (broad SMARTS) is 1. The Morgan fingerprint density at radius 2 is 1.83 bits per heavy atom. The first-order valence-corrected chi connectivity index (χ1v) is 9.10. The summed E-state index contributed by atoms with van der Waals surface area (Å²) in [7, 11) is 1.65. The van der Waals surface area contributed by atoms with Crippen molar-refractivity contribution in [1.82, 2.24) is 14.8 Å². The summed E-state index contributed by atoms with van der Waals surface area (Å²) in [6.45, 7) is 2.58. The van der Waals surface area contributed by atoms with Crippen LogP contribution in [0.2, 0.25) is 0 Å². The van der Waals surface area contributed by atoms with Crippen molar-refractivity contribution in [3.63, 3.8) is 0 Å². The number of aryl methyl sites for hydroxylation is 1. The van der Waals surface area contributed by atoms with Gasteiger partial charge in [0, 0.05) is 11.9 Å². The monoisotopic (exact) mass is 388 g/mol. The van der Waals surface area contributed by atoms with Crippen molar-refractivity contribution in [2.75, 3.05) is 12.4 Å². The molecule has 146 valence electrons. The smallest absolute Gasteiger partial charge is 0.335 e. The molecule has 0 atom stereocenters. The van der Waals surface area contributed by atoms with Gasteiger partial charge in [-0.05, 0) is 55.0 Å². The largest absolute Gasteiger partial charge is 0.497 e. The van der Waals surface area contributed by atoms with Crippen LogP contribution in [0.3, 0.4) is 0 Å². The van der Waals surface area contributed by atoms with Gasteiger partial charge in [-0.1, -0.05) is 12.1 Å². The molecule has 0 amide bonds. The summed E-state index contributed by atoms with van der Waals surface area (Å²) in [5, 5.41) is 17.9. The first kappa shape index (κ1) is 18.5. The average Bonchev–Trinajstić information content (AvgIpc) is 3.05. The third-order valence-corrected chi connectivity index (χ3v) is 4.73. The molecule has 0 saturated carbocycles. The first-order valence-electron chi connectivity index (χ1n) is 9.10. The third-order valence-electron chi connectivity index (χ3n) is 4.73. The van der Waals surface area contributed by atoms with Crippen LogP contribution in [0.15, 0.2) is 60.8 Å². The number of pyridine rings is 1. The normalized spacial score (nSPS) is 10.8. The minimum absolute atomic E-state index is 0.241. The third kappa shape index (κ3) is 3.75. The molecular formula is C22H20N4O3. The second-order valence-corrected chi connectivity index (χ2v) is 6.65. The summed E-state index contributed by atoms with van der Waals surface area (Å²) >= 11 is 0. The van der Waals surface area contributed by atoms with Gasteiger partial charge < -0.3 is 15.2 Å². The molecule has 0 saturated heterocycles. The summed E-state index contributed by atoms with van der Waals surface area (Å²) in [5.74, 6) is 0.552. The van der Waals surface area contributed by atoms with Gasteiger partial charge in [-0.3, -0.25) is 4.68 Å². The highest BCUT2D eigenvalue weighted by molar-refractivity contribution is 5.93. The minimum atomic E-state index is -0.951. The number of carboxylic acids is 1. The molecule has 0 aliphatic carbocycles. The van der Waals surface area contributed by atoms with Crippen LogP contribution in [0, 0.1) is 6.92 Å². The Hall–Kier alpha value is -3.87. The predicted octanol–water partition coefficient (Wildman–Crippen LogP) is 4.24. The lowest BCUT2D eigenvalue weighted by molar-refractivity contribution is 0.0697. The van der Waals surface area contributed by atoms with Crippen molar-refractivity contribution < 1.29 is 14.6 Å². The van der Waals surface area contributed by atoms with Crippen LogP contribution < -0.4 is 10.1 Å². The van der Waals surface area contributed by atoms with E-state index in [4.69, 9.17) is 14.9 Å². The molecule has 0 fully saturated rings. The summed E-state index contributed by atoms with van der Waals surface area (Å²) in [4.78, 5) is 15.5. The Balaban J connectivity index is 1.65. The zero-order valence-electron chi connectivity index (χ0n) is 16.1. The molecule has 7 heteroatoms. The number of hydrogen-bond donors (Lipinski definition) is 2. The fraction of sp³-hybridized carbons (Fsp3) is 0.136. The fourth-order valence-electron chi connectivity index (χ4n) is 3.26. The predicted molar refractivity (Wildman–Crippen MR) is 111 cm³/mol. The highest BCUT2D eigenvalue weighted by Gasteiger charge is 2.13. The van der Waals surface area contributed by atoms with E-state index in [1.165, 1.54) is 0 Å². The van der Waals surface area contributed by atoms with Crippen LogP contribution in [0.4, 0.5) is 11.5 Å². The number of benzene rings is 2. The van der Waals surface area contributed by atoms with Gasteiger partial charge in [0.25, 0.3) is 0 Å². The Morgan fingerprint density at radius 1 is 1.10 bits per heavy atom. The van der Waals surface area contributed by atoms with Gasteiger partial charge in [-0.25, -0.2) is 9.78 Å². The molecule has 4 aromatic rings. The van der Waals surface area contributed by atoms with E-state index in [2.05, 4.69) is 10.3 Å². The molecule has 4 rings (SSSR count). The van der Waals surface area contributed by atoms with E-state index in [9.17, 15) is 4.79 Å². The van der Waals surface area contributed by atoms with Crippen molar-refractivity contribution in [2.45, 2.75) is 13.5 Å². The summed E-state index contributed by atoms with van der Waals surface area (Å²) in [5.41, 5.74) is 3.96. The van der Waals surface area contributed by atoms with E-state index >= 15 is 0 Å². The molecule has 2 N–H and O–H groups in total. The van der Waals surface area contributed by atoms with Crippen molar-refractivity contribution in [1.29, 1.82) is 0 Å². The SMILES string of the molecule is COc1ccc(Cn2nc(C)c3c(Nc4ccc(C(=O)O)cc4)nccc32)cc1. The van der Waals surface area contributed by atoms with Crippen LogP contribution in [0.5, 0.6) is 5.75 Å². The number of carbonyl (C=O) groups is 1. The molecule has 0 bridgehead atoms. The van der Waals surface area contributed by atoms with Crippen molar-refractivity contribution in [2.24, 2.45) is 0 Å². The summed E-state index contributed by atoms with van der Waals surface area (Å²) in [6, 6.07) is 16.4. The maximum Gasteiger partial charge on any atom is 0.335 e. The van der Waals surface area contributed by atoms with Gasteiger partial charge in [0.05, 0.1) is 35.8 Å². The first-order chi connectivity index (χ1) is 14.0. The zero-order valence-corrected chi connectivity index (χ0v) is 16.1. The van der Waals surface area contributed by atoms with Gasteiger partial charge in [-0.2, -0.15) is 5.10 Å². The van der Waals surface area contributed by atoms with Crippen LogP contribution >= 0.6 is 0 Å². The minimum Gasteiger partial charge on any atom is -0.497 e. The second-order valence-electron chi connectivity index (χ2n) is 6.65. The molecule has 0 aliphatic heterocycles. The molecule has 7 nitrogen and oxygen atoms in total. The quantitative estimate of drug-likeness (QED) is 0.514. The number of methoxy groups -OCH3 is 1. The molecule has 0 spiro atoms. The van der Waals surface area contributed by atoms with Gasteiger partial charge in [0.15, 0.2) is 0 Å². The summed E-state index contributed by atoms with van der Waals surface area (Å²) < 4.78 is 7.17. The number of aromatic nitrogens is 3. The number of fused-ring (bicyclic) bond motifs is 1. The van der Waals surface area contributed by atoms with Crippen LogP contribution in [0.25, 0.3) is 10.9 Å². The van der Waals surface area contributed by atoms with Crippen molar-refractivity contribution >= 4 is 28.4 Å². The van der Waals surface area contributed by atoms with Crippen molar-refractivity contribution in [3.8, 4) is 5.75 Å². The molecule has 2 aromatic carbocycles. The number of ether oxygens (including phenoxy) is 1. The highest BCUT2D eigenvalue weighted by atomic mass is 16.5. The molecule has 0 radical (unpaired) electrons. The van der Waals surface area contributed by atoms with Crippen LogP contribution in [-0.4, -0.2) is 33.0 Å². The Morgan fingerprint density at radius 3 is 2.48 bits per heavy atom. The fourth-order valence-corrected chi connectivity index (χ4v) is 3.26. The standard InChI is InChI=1S/C22H20N4O3/c1-14-20-19(26(25-14)13-15-3-9-18(29-2)10-4-15)11-12-23-21(20)24-17-7-5-16(6-8-17)22(27)28/h3-12H,13H2,1-2H3,(H,23,24)(H,27,28). The van der Waals surface area contributed by atoms with Gasteiger partial charge in [0.1, 0.15) is 11.6 Å². The molecule has 2 aromatic heterocycles. The van der Waals surface area contributed by atoms with E-state index in [1.807, 2.05) is 41.9 Å². The topological polar surface area (TPSA) is 89.3 Å². The number of aromatic carboxylic acids is 1. The second kappa shape index (κ2) is 7.63. The molecule has 0 unspecified atom stereocenters. The molecular weight excluding hydrogens is 368 g/mol. The van der Waals surface area contributed by atoms with Gasteiger partial charge >= 0.3 is 5.97 Å². The number of anilines is 2. The number of hydrogen-bond acceptors (Lipinski definition) is 5. The van der Waals surface area contributed by atoms with E-state index in [-0.39, 0.29) is 5.56 Å². The lowest BCUT2D eigenvalue weighted by Crippen LogP contribution is -2.02. The number of rotatable bonds is 6. The van der Waals surface area contributed by atoms with Crippen LogP contribution in [0.1, 0.15) is 21.6 Å². The highest BCUT2D eigenvalue weighted by Crippen LogP contribution is 2.28. The van der Waals surface area contributed by atoms with E-state index in [1.54, 1.807) is 37.6 Å². The Kier molecular flexibility index (Phi) is 4.87. The van der Waals surface area contributed by atoms with Gasteiger partial charge in [-0.15, -0.1) is 0 Å². The van der Waals surface area contributed by atoms with E-state index < -0.39 is 5.97 Å². The van der Waals surface area contributed by atoms with Gasteiger partial charge in [0.2, 0.25) is 0 Å². The molecule has 29 heavy (non-hydrogen) atoms. The lowest BCUT2D eigenvalue weighted by atomic mass is 10.2. The van der Waals surface area contributed by atoms with E-state index in [0.717, 1.165) is 33.6 Å². The Bertz CT molecular complexity index is 1170. The van der Waals surface area contributed by atoms with Crippen LogP contribution in [-0.2, 0) is 6.54 Å². The molecule has 0 aliphatic rings.